The molecule has 3 aromatic rings. The number of ether oxygens (including phenoxy) is 3. The molecule has 0 atom stereocenters. The molecule has 0 aliphatic rings. The summed E-state index contributed by atoms with van der Waals surface area (Å²) < 4.78 is 16.3. The second-order valence-corrected chi connectivity index (χ2v) is 5.25. The van der Waals surface area contributed by atoms with Crippen molar-refractivity contribution < 1.29 is 14.2 Å². The Bertz CT molecular complexity index is 834. The van der Waals surface area contributed by atoms with Gasteiger partial charge in [-0.1, -0.05) is 6.07 Å². The van der Waals surface area contributed by atoms with Crippen LogP contribution in [0.2, 0.25) is 0 Å². The molecular weight excluding hydrogens is 320 g/mol. The van der Waals surface area contributed by atoms with Gasteiger partial charge in [0.25, 0.3) is 0 Å². The van der Waals surface area contributed by atoms with E-state index in [1.54, 1.807) is 21.3 Å². The first kappa shape index (κ1) is 16.6. The first-order valence-corrected chi connectivity index (χ1v) is 7.74. The SMILES string of the molecule is COc1ccc(CNc2cccc(-c3ncn[nH]3)c2OC)c(OC)c1. The van der Waals surface area contributed by atoms with Gasteiger partial charge in [0.05, 0.1) is 32.6 Å². The number of anilines is 1. The minimum Gasteiger partial charge on any atom is -0.497 e. The van der Waals surface area contributed by atoms with Crippen LogP contribution in [0.1, 0.15) is 5.56 Å². The van der Waals surface area contributed by atoms with E-state index < -0.39 is 0 Å². The fraction of sp³-hybridized carbons (Fsp3) is 0.222. The van der Waals surface area contributed by atoms with Crippen molar-refractivity contribution in [2.75, 3.05) is 26.6 Å². The van der Waals surface area contributed by atoms with Crippen LogP contribution in [0.4, 0.5) is 5.69 Å². The Kier molecular flexibility index (Phi) is 5.03. The molecule has 1 heterocycles. The van der Waals surface area contributed by atoms with Gasteiger partial charge in [-0.2, -0.15) is 5.10 Å². The third-order valence-corrected chi connectivity index (χ3v) is 3.85. The van der Waals surface area contributed by atoms with E-state index in [1.807, 2.05) is 36.4 Å². The van der Waals surface area contributed by atoms with Crippen molar-refractivity contribution in [3.8, 4) is 28.6 Å². The Labute approximate surface area is 146 Å². The molecule has 0 saturated heterocycles. The topological polar surface area (TPSA) is 81.3 Å². The highest BCUT2D eigenvalue weighted by Crippen LogP contribution is 2.35. The van der Waals surface area contributed by atoms with E-state index in [4.69, 9.17) is 14.2 Å². The van der Waals surface area contributed by atoms with Crippen LogP contribution in [0.25, 0.3) is 11.4 Å². The number of H-pyrrole nitrogens is 1. The summed E-state index contributed by atoms with van der Waals surface area (Å²) in [5.74, 6) is 2.87. The van der Waals surface area contributed by atoms with E-state index in [9.17, 15) is 0 Å². The molecule has 7 heteroatoms. The van der Waals surface area contributed by atoms with Gasteiger partial charge in [0.2, 0.25) is 0 Å². The summed E-state index contributed by atoms with van der Waals surface area (Å²) in [6.45, 7) is 0.573. The lowest BCUT2D eigenvalue weighted by atomic mass is 10.1. The number of aromatic nitrogens is 3. The second-order valence-electron chi connectivity index (χ2n) is 5.25. The van der Waals surface area contributed by atoms with E-state index >= 15 is 0 Å². The van der Waals surface area contributed by atoms with E-state index in [1.165, 1.54) is 6.33 Å². The van der Waals surface area contributed by atoms with Crippen molar-refractivity contribution in [2.45, 2.75) is 6.54 Å². The van der Waals surface area contributed by atoms with Gasteiger partial charge in [-0.3, -0.25) is 5.10 Å². The summed E-state index contributed by atoms with van der Waals surface area (Å²) in [5.41, 5.74) is 2.70. The molecule has 0 saturated carbocycles. The van der Waals surface area contributed by atoms with E-state index in [-0.39, 0.29) is 0 Å². The maximum Gasteiger partial charge on any atom is 0.159 e. The van der Waals surface area contributed by atoms with Crippen molar-refractivity contribution in [3.05, 3.63) is 48.3 Å². The lowest BCUT2D eigenvalue weighted by Gasteiger charge is -2.15. The van der Waals surface area contributed by atoms with Gasteiger partial charge < -0.3 is 19.5 Å². The van der Waals surface area contributed by atoms with Crippen LogP contribution in [0, 0.1) is 0 Å². The van der Waals surface area contributed by atoms with Gasteiger partial charge >= 0.3 is 0 Å². The fourth-order valence-electron chi connectivity index (χ4n) is 2.61. The summed E-state index contributed by atoms with van der Waals surface area (Å²) in [6.07, 6.45) is 1.47. The van der Waals surface area contributed by atoms with Crippen molar-refractivity contribution in [2.24, 2.45) is 0 Å². The van der Waals surface area contributed by atoms with Crippen molar-refractivity contribution in [3.63, 3.8) is 0 Å². The number of methoxy groups -OCH3 is 3. The largest absolute Gasteiger partial charge is 0.497 e. The van der Waals surface area contributed by atoms with Gasteiger partial charge in [-0.25, -0.2) is 4.98 Å². The van der Waals surface area contributed by atoms with Gasteiger partial charge in [0, 0.05) is 18.2 Å². The highest BCUT2D eigenvalue weighted by Gasteiger charge is 2.13. The summed E-state index contributed by atoms with van der Waals surface area (Å²) in [5, 5.41) is 10.1. The van der Waals surface area contributed by atoms with Crippen LogP contribution in [0.3, 0.4) is 0 Å². The molecule has 3 rings (SSSR count). The number of rotatable bonds is 7. The number of aromatic amines is 1. The van der Waals surface area contributed by atoms with Crippen molar-refractivity contribution >= 4 is 5.69 Å². The first-order chi connectivity index (χ1) is 12.3. The summed E-state index contributed by atoms with van der Waals surface area (Å²) in [7, 11) is 4.91. The van der Waals surface area contributed by atoms with Gasteiger partial charge in [-0.15, -0.1) is 0 Å². The predicted molar refractivity (Wildman–Crippen MR) is 95.2 cm³/mol. The Morgan fingerprint density at radius 2 is 1.92 bits per heavy atom. The standard InChI is InChI=1S/C18H20N4O3/c1-23-13-8-7-12(16(9-13)24-2)10-19-15-6-4-5-14(17(15)25-3)18-20-11-21-22-18/h4-9,11,19H,10H2,1-3H3,(H,20,21,22). The average molecular weight is 340 g/mol. The molecule has 2 N–H and O–H groups in total. The third-order valence-electron chi connectivity index (χ3n) is 3.85. The lowest BCUT2D eigenvalue weighted by molar-refractivity contribution is 0.391. The highest BCUT2D eigenvalue weighted by molar-refractivity contribution is 5.74. The van der Waals surface area contributed by atoms with Crippen molar-refractivity contribution in [1.29, 1.82) is 0 Å². The molecule has 2 aromatic carbocycles. The molecule has 0 spiro atoms. The van der Waals surface area contributed by atoms with Crippen LogP contribution in [-0.2, 0) is 6.54 Å². The Hall–Kier alpha value is -3.22. The molecule has 25 heavy (non-hydrogen) atoms. The van der Waals surface area contributed by atoms with Gasteiger partial charge in [-0.05, 0) is 24.3 Å². The van der Waals surface area contributed by atoms with Crippen LogP contribution >= 0.6 is 0 Å². The fourth-order valence-corrected chi connectivity index (χ4v) is 2.61. The monoisotopic (exact) mass is 340 g/mol. The van der Waals surface area contributed by atoms with Crippen LogP contribution in [0.5, 0.6) is 17.2 Å². The Morgan fingerprint density at radius 3 is 2.60 bits per heavy atom. The summed E-state index contributed by atoms with van der Waals surface area (Å²) in [4.78, 5) is 4.19. The normalized spacial score (nSPS) is 10.4. The number of nitrogens with zero attached hydrogens (tertiary/aromatic N) is 2. The maximum atomic E-state index is 5.58. The molecular formula is C18H20N4O3. The molecule has 130 valence electrons. The van der Waals surface area contributed by atoms with E-state index in [0.717, 1.165) is 28.3 Å². The smallest absolute Gasteiger partial charge is 0.159 e. The molecule has 1 aromatic heterocycles. The molecule has 0 unspecified atom stereocenters. The molecule has 0 bridgehead atoms. The van der Waals surface area contributed by atoms with E-state index in [2.05, 4.69) is 20.5 Å². The van der Waals surface area contributed by atoms with Crippen LogP contribution in [-0.4, -0.2) is 36.5 Å². The lowest BCUT2D eigenvalue weighted by Crippen LogP contribution is -2.04. The maximum absolute atomic E-state index is 5.58. The summed E-state index contributed by atoms with van der Waals surface area (Å²) >= 11 is 0. The molecule has 0 fully saturated rings. The Morgan fingerprint density at radius 1 is 1.04 bits per heavy atom. The first-order valence-electron chi connectivity index (χ1n) is 7.74. The van der Waals surface area contributed by atoms with Gasteiger partial charge in [0.15, 0.2) is 11.6 Å². The molecule has 0 aliphatic heterocycles. The summed E-state index contributed by atoms with van der Waals surface area (Å²) in [6, 6.07) is 11.6. The average Bonchev–Trinajstić information content (AvgIpc) is 3.20. The number of hydrogen-bond acceptors (Lipinski definition) is 6. The Balaban J connectivity index is 1.86. The number of para-hydroxylation sites is 1. The molecule has 7 nitrogen and oxygen atoms in total. The molecule has 0 amide bonds. The number of benzene rings is 2. The zero-order chi connectivity index (χ0) is 17.6. The molecule has 0 radical (unpaired) electrons. The van der Waals surface area contributed by atoms with Crippen LogP contribution < -0.4 is 19.5 Å². The number of hydrogen-bond donors (Lipinski definition) is 2. The zero-order valence-electron chi connectivity index (χ0n) is 14.4. The minimum atomic E-state index is 0.573. The third kappa shape index (κ3) is 3.50. The zero-order valence-corrected chi connectivity index (χ0v) is 14.4. The van der Waals surface area contributed by atoms with Crippen LogP contribution in [0.15, 0.2) is 42.7 Å². The second kappa shape index (κ2) is 7.57. The van der Waals surface area contributed by atoms with E-state index in [0.29, 0.717) is 18.1 Å². The minimum absolute atomic E-state index is 0.573. The highest BCUT2D eigenvalue weighted by atomic mass is 16.5. The number of nitrogens with one attached hydrogen (secondary N) is 2. The van der Waals surface area contributed by atoms with Crippen molar-refractivity contribution in [1.82, 2.24) is 15.2 Å². The predicted octanol–water partition coefficient (Wildman–Crippen LogP) is 3.11. The van der Waals surface area contributed by atoms with Gasteiger partial charge in [0.1, 0.15) is 17.8 Å². The quantitative estimate of drug-likeness (QED) is 0.688. The molecule has 0 aliphatic carbocycles.